The minimum absolute atomic E-state index is 0.188. The number of ether oxygens (including phenoxy) is 2. The number of hydrogen-bond acceptors (Lipinski definition) is 5. The number of hydrogen-bond donors (Lipinski definition) is 3. The fourth-order valence-corrected chi connectivity index (χ4v) is 3.08. The van der Waals surface area contributed by atoms with Crippen LogP contribution >= 0.6 is 0 Å². The molecule has 29 heavy (non-hydrogen) atoms. The van der Waals surface area contributed by atoms with Crippen molar-refractivity contribution in [2.45, 2.75) is 19.3 Å². The Kier molecular flexibility index (Phi) is 7.53. The second-order valence-corrected chi connectivity index (χ2v) is 7.13. The Morgan fingerprint density at radius 1 is 1.10 bits per heavy atom. The Morgan fingerprint density at radius 2 is 1.86 bits per heavy atom. The average Bonchev–Trinajstić information content (AvgIpc) is 2.75. The van der Waals surface area contributed by atoms with Gasteiger partial charge >= 0.3 is 0 Å². The van der Waals surface area contributed by atoms with Crippen LogP contribution in [0.5, 0.6) is 17.2 Å². The number of carbonyl (C=O) groups excluding carboxylic acids is 1. The number of nitrogens with one attached hydrogen (secondary N) is 1. The highest BCUT2D eigenvalue weighted by Gasteiger charge is 2.14. The smallest absolute Gasteiger partial charge is 0.244 e. The topological polar surface area (TPSA) is 88.0 Å². The molecule has 0 aliphatic carbocycles. The maximum Gasteiger partial charge on any atom is 0.244 e. The van der Waals surface area contributed by atoms with Gasteiger partial charge in [-0.05, 0) is 66.6 Å². The summed E-state index contributed by atoms with van der Waals surface area (Å²) in [5.41, 5.74) is 1.75. The molecule has 1 fully saturated rings. The monoisotopic (exact) mass is 397 g/mol. The van der Waals surface area contributed by atoms with Crippen LogP contribution < -0.4 is 10.1 Å². The third kappa shape index (κ3) is 6.84. The SMILES string of the molecule is O=C(/C=C/c1ccc(O)c(O)c1)NCCc1ccc(OCC2CCOCC2)cc1. The summed E-state index contributed by atoms with van der Waals surface area (Å²) in [5.74, 6) is 0.815. The fourth-order valence-electron chi connectivity index (χ4n) is 3.08. The first-order valence-electron chi connectivity index (χ1n) is 9.87. The summed E-state index contributed by atoms with van der Waals surface area (Å²) in [6.07, 6.45) is 5.82. The predicted molar refractivity (Wildman–Crippen MR) is 111 cm³/mol. The van der Waals surface area contributed by atoms with E-state index in [4.69, 9.17) is 9.47 Å². The van der Waals surface area contributed by atoms with Gasteiger partial charge in [0.15, 0.2) is 11.5 Å². The van der Waals surface area contributed by atoms with Crippen LogP contribution in [0.3, 0.4) is 0 Å². The normalized spacial score (nSPS) is 14.8. The molecule has 6 heteroatoms. The van der Waals surface area contributed by atoms with E-state index < -0.39 is 0 Å². The largest absolute Gasteiger partial charge is 0.504 e. The Balaban J connectivity index is 1.37. The molecular weight excluding hydrogens is 370 g/mol. The Morgan fingerprint density at radius 3 is 2.59 bits per heavy atom. The number of phenolic OH excluding ortho intramolecular Hbond substituents is 2. The molecule has 0 spiro atoms. The Bertz CT molecular complexity index is 826. The van der Waals surface area contributed by atoms with Crippen molar-refractivity contribution in [3.8, 4) is 17.2 Å². The molecule has 2 aromatic carbocycles. The van der Waals surface area contributed by atoms with Gasteiger partial charge in [0.25, 0.3) is 0 Å². The number of aromatic hydroxyl groups is 2. The first kappa shape index (κ1) is 20.7. The van der Waals surface area contributed by atoms with E-state index in [0.717, 1.165) is 50.4 Å². The summed E-state index contributed by atoms with van der Waals surface area (Å²) in [5, 5.41) is 21.6. The van der Waals surface area contributed by atoms with E-state index in [0.29, 0.717) is 18.0 Å². The van der Waals surface area contributed by atoms with Gasteiger partial charge in [-0.1, -0.05) is 18.2 Å². The first-order valence-corrected chi connectivity index (χ1v) is 9.87. The summed E-state index contributed by atoms with van der Waals surface area (Å²) < 4.78 is 11.2. The molecule has 0 bridgehead atoms. The maximum absolute atomic E-state index is 11.9. The van der Waals surface area contributed by atoms with Crippen molar-refractivity contribution in [2.24, 2.45) is 5.92 Å². The lowest BCUT2D eigenvalue weighted by Crippen LogP contribution is -2.23. The summed E-state index contributed by atoms with van der Waals surface area (Å²) in [7, 11) is 0. The predicted octanol–water partition coefficient (Wildman–Crippen LogP) is 3.28. The molecule has 1 heterocycles. The molecule has 0 atom stereocenters. The number of benzene rings is 2. The lowest BCUT2D eigenvalue weighted by atomic mass is 10.0. The molecule has 1 saturated heterocycles. The van der Waals surface area contributed by atoms with E-state index in [1.54, 1.807) is 12.1 Å². The van der Waals surface area contributed by atoms with Crippen molar-refractivity contribution in [1.29, 1.82) is 0 Å². The van der Waals surface area contributed by atoms with E-state index in [2.05, 4.69) is 5.32 Å². The van der Waals surface area contributed by atoms with Gasteiger partial charge in [0, 0.05) is 25.8 Å². The van der Waals surface area contributed by atoms with Gasteiger partial charge in [-0.3, -0.25) is 4.79 Å². The minimum atomic E-state index is -0.215. The second kappa shape index (κ2) is 10.5. The lowest BCUT2D eigenvalue weighted by molar-refractivity contribution is -0.116. The zero-order chi connectivity index (χ0) is 20.5. The van der Waals surface area contributed by atoms with Crippen molar-refractivity contribution in [3.63, 3.8) is 0 Å². The van der Waals surface area contributed by atoms with E-state index in [1.165, 1.54) is 18.2 Å². The molecule has 1 aliphatic rings. The molecule has 3 N–H and O–H groups in total. The second-order valence-electron chi connectivity index (χ2n) is 7.13. The van der Waals surface area contributed by atoms with Crippen LogP contribution in [0.15, 0.2) is 48.5 Å². The molecule has 0 aromatic heterocycles. The third-order valence-electron chi connectivity index (χ3n) is 4.89. The van der Waals surface area contributed by atoms with Gasteiger partial charge in [0.1, 0.15) is 5.75 Å². The molecule has 0 radical (unpaired) electrons. The molecule has 0 unspecified atom stereocenters. The molecule has 0 saturated carbocycles. The highest BCUT2D eigenvalue weighted by molar-refractivity contribution is 5.91. The molecule has 6 nitrogen and oxygen atoms in total. The van der Waals surface area contributed by atoms with E-state index in [-0.39, 0.29) is 17.4 Å². The summed E-state index contributed by atoms with van der Waals surface area (Å²) in [4.78, 5) is 11.9. The lowest BCUT2D eigenvalue weighted by Gasteiger charge is -2.22. The van der Waals surface area contributed by atoms with Gasteiger partial charge in [-0.2, -0.15) is 0 Å². The molecule has 2 aromatic rings. The van der Waals surface area contributed by atoms with Crippen LogP contribution in [-0.2, 0) is 16.0 Å². The highest BCUT2D eigenvalue weighted by atomic mass is 16.5. The van der Waals surface area contributed by atoms with Crippen LogP contribution in [0, 0.1) is 5.92 Å². The zero-order valence-corrected chi connectivity index (χ0v) is 16.3. The third-order valence-corrected chi connectivity index (χ3v) is 4.89. The first-order chi connectivity index (χ1) is 14.1. The van der Waals surface area contributed by atoms with Gasteiger partial charge in [0.2, 0.25) is 5.91 Å². The fraction of sp³-hybridized carbons (Fsp3) is 0.348. The summed E-state index contributed by atoms with van der Waals surface area (Å²) in [6, 6.07) is 12.3. The summed E-state index contributed by atoms with van der Waals surface area (Å²) >= 11 is 0. The van der Waals surface area contributed by atoms with Crippen LogP contribution in [0.2, 0.25) is 0 Å². The van der Waals surface area contributed by atoms with Gasteiger partial charge in [-0.15, -0.1) is 0 Å². The number of amides is 1. The van der Waals surface area contributed by atoms with Crippen LogP contribution in [0.25, 0.3) is 6.08 Å². The molecule has 1 aliphatic heterocycles. The van der Waals surface area contributed by atoms with Gasteiger partial charge in [-0.25, -0.2) is 0 Å². The van der Waals surface area contributed by atoms with E-state index in [9.17, 15) is 15.0 Å². The van der Waals surface area contributed by atoms with Crippen LogP contribution in [-0.4, -0.2) is 42.5 Å². The highest BCUT2D eigenvalue weighted by Crippen LogP contribution is 2.25. The van der Waals surface area contributed by atoms with Crippen LogP contribution in [0.1, 0.15) is 24.0 Å². The number of carbonyl (C=O) groups is 1. The van der Waals surface area contributed by atoms with Crippen molar-refractivity contribution in [1.82, 2.24) is 5.32 Å². The van der Waals surface area contributed by atoms with Crippen molar-refractivity contribution in [2.75, 3.05) is 26.4 Å². The van der Waals surface area contributed by atoms with Gasteiger partial charge < -0.3 is 25.0 Å². The molecule has 154 valence electrons. The number of rotatable bonds is 8. The van der Waals surface area contributed by atoms with E-state index in [1.807, 2.05) is 24.3 Å². The standard InChI is InChI=1S/C23H27NO5/c25-21-7-3-18(15-22(21)26)4-8-23(27)24-12-9-17-1-5-20(6-2-17)29-16-19-10-13-28-14-11-19/h1-8,15,19,25-26H,9-14,16H2,(H,24,27)/b8-4+. The number of phenols is 2. The molecule has 1 amide bonds. The Hall–Kier alpha value is -2.99. The average molecular weight is 397 g/mol. The molecular formula is C23H27NO5. The van der Waals surface area contributed by atoms with Crippen molar-refractivity contribution < 1.29 is 24.5 Å². The van der Waals surface area contributed by atoms with Crippen molar-refractivity contribution in [3.05, 3.63) is 59.7 Å². The van der Waals surface area contributed by atoms with E-state index >= 15 is 0 Å². The Labute approximate surface area is 170 Å². The minimum Gasteiger partial charge on any atom is -0.504 e. The summed E-state index contributed by atoms with van der Waals surface area (Å²) in [6.45, 7) is 2.90. The van der Waals surface area contributed by atoms with Gasteiger partial charge in [0.05, 0.1) is 6.61 Å². The van der Waals surface area contributed by atoms with Crippen molar-refractivity contribution >= 4 is 12.0 Å². The maximum atomic E-state index is 11.9. The zero-order valence-electron chi connectivity index (χ0n) is 16.3. The molecule has 3 rings (SSSR count). The van der Waals surface area contributed by atoms with Crippen LogP contribution in [0.4, 0.5) is 0 Å². The quantitative estimate of drug-likeness (QED) is 0.470.